The van der Waals surface area contributed by atoms with Crippen LogP contribution in [0.3, 0.4) is 0 Å². The maximum atomic E-state index is 12.0. The number of rotatable bonds is 3. The Kier molecular flexibility index (Phi) is 3.92. The Balaban J connectivity index is 1.93. The number of pyridine rings is 1. The molecule has 0 spiro atoms. The minimum Gasteiger partial charge on any atom is -0.356 e. The molecule has 0 aromatic carbocycles. The fourth-order valence-electron chi connectivity index (χ4n) is 3.11. The number of anilines is 1. The number of nitrogens with one attached hydrogen (secondary N) is 1. The van der Waals surface area contributed by atoms with Gasteiger partial charge in [-0.25, -0.2) is 15.0 Å². The molecule has 1 N–H and O–H groups in total. The van der Waals surface area contributed by atoms with Crippen LogP contribution in [0.4, 0.5) is 5.82 Å². The van der Waals surface area contributed by atoms with Crippen molar-refractivity contribution in [1.82, 2.24) is 20.3 Å². The van der Waals surface area contributed by atoms with Gasteiger partial charge in [0, 0.05) is 25.3 Å². The van der Waals surface area contributed by atoms with Gasteiger partial charge in [0.25, 0.3) is 0 Å². The van der Waals surface area contributed by atoms with Crippen LogP contribution in [0.15, 0.2) is 12.4 Å². The molecule has 116 valence electrons. The first-order chi connectivity index (χ1) is 10.6. The summed E-state index contributed by atoms with van der Waals surface area (Å²) in [4.78, 5) is 27.4. The predicted molar refractivity (Wildman–Crippen MR) is 85.8 cm³/mol. The van der Waals surface area contributed by atoms with E-state index in [1.807, 2.05) is 19.9 Å². The molecule has 22 heavy (non-hydrogen) atoms. The molecule has 0 bridgehead atoms. The first kappa shape index (κ1) is 14.7. The molecule has 3 rings (SSSR count). The normalized spacial score (nSPS) is 18.0. The number of carbonyl (C=O) groups is 1. The van der Waals surface area contributed by atoms with E-state index in [2.05, 4.69) is 32.1 Å². The van der Waals surface area contributed by atoms with Crippen LogP contribution in [0, 0.1) is 19.8 Å². The first-order valence-electron chi connectivity index (χ1n) is 7.71. The molecule has 2 aromatic heterocycles. The summed E-state index contributed by atoms with van der Waals surface area (Å²) in [6.07, 6.45) is 2.42. The highest BCUT2D eigenvalue weighted by Crippen LogP contribution is 2.29. The van der Waals surface area contributed by atoms with E-state index in [-0.39, 0.29) is 11.8 Å². The van der Waals surface area contributed by atoms with Crippen molar-refractivity contribution < 1.29 is 4.79 Å². The summed E-state index contributed by atoms with van der Waals surface area (Å²) in [6, 6.07) is 2.05. The van der Waals surface area contributed by atoms with Gasteiger partial charge >= 0.3 is 0 Å². The number of aryl methyl sites for hydroxylation is 2. The number of aromatic nitrogens is 3. The van der Waals surface area contributed by atoms with Gasteiger partial charge in [-0.1, -0.05) is 0 Å². The van der Waals surface area contributed by atoms with E-state index in [9.17, 15) is 4.79 Å². The van der Waals surface area contributed by atoms with Crippen molar-refractivity contribution in [2.75, 3.05) is 24.5 Å². The van der Waals surface area contributed by atoms with E-state index in [1.165, 1.54) is 0 Å². The molecule has 0 aliphatic carbocycles. The number of fused-ring (bicyclic) bond motifs is 1. The average molecular weight is 299 g/mol. The largest absolute Gasteiger partial charge is 0.356 e. The van der Waals surface area contributed by atoms with Crippen molar-refractivity contribution in [3.63, 3.8) is 0 Å². The summed E-state index contributed by atoms with van der Waals surface area (Å²) in [5.74, 6) is 1.06. The third-order valence-corrected chi connectivity index (χ3v) is 4.12. The van der Waals surface area contributed by atoms with Crippen molar-refractivity contribution >= 4 is 22.8 Å². The summed E-state index contributed by atoms with van der Waals surface area (Å²) < 4.78 is 0. The molecule has 1 aliphatic heterocycles. The molecule has 2 aromatic rings. The molecule has 0 saturated carbocycles. The van der Waals surface area contributed by atoms with Gasteiger partial charge in [-0.2, -0.15) is 0 Å². The molecular formula is C16H21N5O. The molecule has 3 heterocycles. The SMILES string of the molecule is CCNC(=O)C1CCN(c2ncnc3nc(C)cc(C)c23)C1. The van der Waals surface area contributed by atoms with E-state index >= 15 is 0 Å². The van der Waals surface area contributed by atoms with Gasteiger partial charge in [0.05, 0.1) is 11.3 Å². The average Bonchev–Trinajstić information content (AvgIpc) is 2.96. The van der Waals surface area contributed by atoms with Gasteiger partial charge in [0.1, 0.15) is 12.1 Å². The second-order valence-electron chi connectivity index (χ2n) is 5.80. The lowest BCUT2D eigenvalue weighted by Crippen LogP contribution is -2.32. The third kappa shape index (κ3) is 2.61. The summed E-state index contributed by atoms with van der Waals surface area (Å²) in [7, 11) is 0. The summed E-state index contributed by atoms with van der Waals surface area (Å²) in [5.41, 5.74) is 2.81. The van der Waals surface area contributed by atoms with Crippen molar-refractivity contribution in [2.24, 2.45) is 5.92 Å². The minimum absolute atomic E-state index is 0.0312. The van der Waals surface area contributed by atoms with Gasteiger partial charge in [-0.05, 0) is 38.8 Å². The predicted octanol–water partition coefficient (Wildman–Crippen LogP) is 1.60. The Labute approximate surface area is 130 Å². The molecule has 0 radical (unpaired) electrons. The van der Waals surface area contributed by atoms with Crippen LogP contribution in [0.1, 0.15) is 24.6 Å². The third-order valence-electron chi connectivity index (χ3n) is 4.12. The molecule has 1 amide bonds. The zero-order valence-corrected chi connectivity index (χ0v) is 13.3. The van der Waals surface area contributed by atoms with E-state index < -0.39 is 0 Å². The van der Waals surface area contributed by atoms with Gasteiger partial charge in [-0.3, -0.25) is 4.79 Å². The van der Waals surface area contributed by atoms with Crippen LogP contribution in [0.25, 0.3) is 11.0 Å². The molecule has 6 nitrogen and oxygen atoms in total. The number of hydrogen-bond acceptors (Lipinski definition) is 5. The van der Waals surface area contributed by atoms with E-state index in [0.29, 0.717) is 13.1 Å². The second kappa shape index (κ2) is 5.87. The molecular weight excluding hydrogens is 278 g/mol. The van der Waals surface area contributed by atoms with Crippen LogP contribution in [-0.4, -0.2) is 40.5 Å². The highest BCUT2D eigenvalue weighted by molar-refractivity contribution is 5.90. The van der Waals surface area contributed by atoms with Gasteiger partial charge in [-0.15, -0.1) is 0 Å². The monoisotopic (exact) mass is 299 g/mol. The number of nitrogens with zero attached hydrogens (tertiary/aromatic N) is 4. The van der Waals surface area contributed by atoms with Crippen LogP contribution in [0.5, 0.6) is 0 Å². The van der Waals surface area contributed by atoms with Crippen molar-refractivity contribution in [1.29, 1.82) is 0 Å². The fraction of sp³-hybridized carbons (Fsp3) is 0.500. The second-order valence-corrected chi connectivity index (χ2v) is 5.80. The number of amides is 1. The van der Waals surface area contributed by atoms with Crippen molar-refractivity contribution in [3.05, 3.63) is 23.7 Å². The maximum absolute atomic E-state index is 12.0. The quantitative estimate of drug-likeness (QED) is 0.932. The topological polar surface area (TPSA) is 71.0 Å². The Bertz CT molecular complexity index is 715. The lowest BCUT2D eigenvalue weighted by molar-refractivity contribution is -0.124. The van der Waals surface area contributed by atoms with Crippen LogP contribution in [-0.2, 0) is 4.79 Å². The summed E-state index contributed by atoms with van der Waals surface area (Å²) in [5, 5.41) is 3.90. The summed E-state index contributed by atoms with van der Waals surface area (Å²) in [6.45, 7) is 8.18. The molecule has 1 saturated heterocycles. The summed E-state index contributed by atoms with van der Waals surface area (Å²) >= 11 is 0. The highest BCUT2D eigenvalue weighted by atomic mass is 16.1. The molecule has 1 unspecified atom stereocenters. The van der Waals surface area contributed by atoms with E-state index in [1.54, 1.807) is 6.33 Å². The van der Waals surface area contributed by atoms with Gasteiger partial charge < -0.3 is 10.2 Å². The standard InChI is InChI=1S/C16H21N5O/c1-4-17-16(22)12-5-6-21(8-12)15-13-10(2)7-11(3)20-14(13)18-9-19-15/h7,9,12H,4-6,8H2,1-3H3,(H,17,22). The van der Waals surface area contributed by atoms with Crippen LogP contribution in [0.2, 0.25) is 0 Å². The van der Waals surface area contributed by atoms with E-state index in [0.717, 1.165) is 41.1 Å². The first-order valence-corrected chi connectivity index (χ1v) is 7.71. The maximum Gasteiger partial charge on any atom is 0.224 e. The number of hydrogen-bond donors (Lipinski definition) is 1. The Morgan fingerprint density at radius 3 is 3.00 bits per heavy atom. The molecule has 1 atom stereocenters. The number of carbonyl (C=O) groups excluding carboxylic acids is 1. The zero-order chi connectivity index (χ0) is 15.7. The smallest absolute Gasteiger partial charge is 0.224 e. The minimum atomic E-state index is 0.0312. The van der Waals surface area contributed by atoms with Gasteiger partial charge in [0.15, 0.2) is 5.65 Å². The lowest BCUT2D eigenvalue weighted by Gasteiger charge is -2.19. The van der Waals surface area contributed by atoms with E-state index in [4.69, 9.17) is 0 Å². The van der Waals surface area contributed by atoms with Crippen LogP contribution < -0.4 is 10.2 Å². The molecule has 1 aliphatic rings. The Morgan fingerprint density at radius 1 is 1.41 bits per heavy atom. The van der Waals surface area contributed by atoms with Crippen molar-refractivity contribution in [2.45, 2.75) is 27.2 Å². The van der Waals surface area contributed by atoms with Crippen LogP contribution >= 0.6 is 0 Å². The Morgan fingerprint density at radius 2 is 2.23 bits per heavy atom. The molecule has 1 fully saturated rings. The lowest BCUT2D eigenvalue weighted by atomic mass is 10.1. The molecule has 6 heteroatoms. The van der Waals surface area contributed by atoms with Gasteiger partial charge in [0.2, 0.25) is 5.91 Å². The van der Waals surface area contributed by atoms with Crippen molar-refractivity contribution in [3.8, 4) is 0 Å². The highest BCUT2D eigenvalue weighted by Gasteiger charge is 2.30. The zero-order valence-electron chi connectivity index (χ0n) is 13.3. The fourth-order valence-corrected chi connectivity index (χ4v) is 3.11. The Hall–Kier alpha value is -2.24.